The molecule has 7 nitrogen and oxygen atoms in total. The number of anilines is 1. The zero-order chi connectivity index (χ0) is 18.6. The number of hydrogen-bond acceptors (Lipinski definition) is 4. The van der Waals surface area contributed by atoms with Gasteiger partial charge >= 0.3 is 6.03 Å². The molecule has 2 amide bonds. The number of sulfonamides is 1. The summed E-state index contributed by atoms with van der Waals surface area (Å²) >= 11 is 0. The zero-order valence-corrected chi connectivity index (χ0v) is 16.0. The fraction of sp³-hybridized carbons (Fsp3) is 0.611. The molecule has 2 aliphatic heterocycles. The first-order chi connectivity index (χ1) is 12.4. The third-order valence-electron chi connectivity index (χ3n) is 5.14. The number of benzene rings is 1. The van der Waals surface area contributed by atoms with Crippen LogP contribution in [-0.4, -0.2) is 63.3 Å². The Morgan fingerprint density at radius 2 is 1.65 bits per heavy atom. The van der Waals surface area contributed by atoms with Crippen molar-refractivity contribution in [1.29, 1.82) is 0 Å². The Hall–Kier alpha value is -1.80. The minimum absolute atomic E-state index is 0.122. The molecule has 0 aliphatic carbocycles. The number of nitrogens with one attached hydrogen (secondary N) is 2. The van der Waals surface area contributed by atoms with Crippen LogP contribution in [0, 0.1) is 0 Å². The number of piperidine rings is 2. The lowest BCUT2D eigenvalue weighted by Gasteiger charge is -2.35. The van der Waals surface area contributed by atoms with Crippen molar-refractivity contribution in [2.45, 2.75) is 37.8 Å². The Morgan fingerprint density at radius 3 is 2.31 bits per heavy atom. The van der Waals surface area contributed by atoms with E-state index in [1.54, 1.807) is 0 Å². The minimum atomic E-state index is -3.20. The number of nitrogens with zero attached hydrogens (tertiary/aromatic N) is 2. The summed E-state index contributed by atoms with van der Waals surface area (Å²) in [5.74, 6) is 0. The third kappa shape index (κ3) is 5.11. The van der Waals surface area contributed by atoms with Crippen molar-refractivity contribution < 1.29 is 13.2 Å². The summed E-state index contributed by atoms with van der Waals surface area (Å²) in [5.41, 5.74) is 1.22. The molecule has 3 rings (SSSR count). The van der Waals surface area contributed by atoms with Gasteiger partial charge in [-0.15, -0.1) is 0 Å². The number of amides is 2. The normalized spacial score (nSPS) is 22.8. The number of para-hydroxylation sites is 1. The molecule has 0 spiro atoms. The molecule has 2 N–H and O–H groups in total. The lowest BCUT2D eigenvalue weighted by atomic mass is 10.0. The molecule has 26 heavy (non-hydrogen) atoms. The van der Waals surface area contributed by atoms with E-state index in [0.29, 0.717) is 13.1 Å². The fourth-order valence-corrected chi connectivity index (χ4v) is 4.61. The lowest BCUT2D eigenvalue weighted by molar-refractivity contribution is 0.220. The summed E-state index contributed by atoms with van der Waals surface area (Å²) in [5, 5.41) is 5.99. The smallest absolute Gasteiger partial charge is 0.315 e. The van der Waals surface area contributed by atoms with Crippen LogP contribution in [0.15, 0.2) is 30.3 Å². The van der Waals surface area contributed by atoms with Gasteiger partial charge in [0.05, 0.1) is 6.26 Å². The Labute approximate surface area is 155 Å². The molecule has 0 radical (unpaired) electrons. The van der Waals surface area contributed by atoms with E-state index in [4.69, 9.17) is 0 Å². The van der Waals surface area contributed by atoms with Gasteiger partial charge in [-0.3, -0.25) is 0 Å². The molecule has 1 atom stereocenters. The molecule has 0 bridgehead atoms. The molecule has 2 aliphatic rings. The van der Waals surface area contributed by atoms with E-state index in [0.717, 1.165) is 38.8 Å². The summed E-state index contributed by atoms with van der Waals surface area (Å²) in [6.45, 7) is 2.73. The van der Waals surface area contributed by atoms with E-state index in [2.05, 4.69) is 27.7 Å². The summed E-state index contributed by atoms with van der Waals surface area (Å²) in [7, 11) is -3.20. The van der Waals surface area contributed by atoms with Gasteiger partial charge in [-0.1, -0.05) is 18.2 Å². The minimum Gasteiger partial charge on any atom is -0.371 e. The van der Waals surface area contributed by atoms with Crippen LogP contribution in [0.4, 0.5) is 10.5 Å². The van der Waals surface area contributed by atoms with Crippen molar-refractivity contribution in [1.82, 2.24) is 14.9 Å². The second-order valence-electron chi connectivity index (χ2n) is 7.17. The number of urea groups is 1. The van der Waals surface area contributed by atoms with Gasteiger partial charge in [-0.2, -0.15) is 0 Å². The Balaban J connectivity index is 1.43. The quantitative estimate of drug-likeness (QED) is 0.827. The highest BCUT2D eigenvalue weighted by Crippen LogP contribution is 2.19. The van der Waals surface area contributed by atoms with Crippen LogP contribution in [0.25, 0.3) is 0 Å². The molecule has 1 aromatic carbocycles. The molecule has 0 aromatic heterocycles. The summed E-state index contributed by atoms with van der Waals surface area (Å²) in [6, 6.07) is 10.1. The molecule has 8 heteroatoms. The maximum atomic E-state index is 12.3. The Bertz CT molecular complexity index is 702. The van der Waals surface area contributed by atoms with Crippen LogP contribution in [0.3, 0.4) is 0 Å². The van der Waals surface area contributed by atoms with E-state index in [9.17, 15) is 13.2 Å². The topological polar surface area (TPSA) is 81.8 Å². The number of hydrogen-bond donors (Lipinski definition) is 2. The van der Waals surface area contributed by atoms with E-state index in [1.807, 2.05) is 18.2 Å². The van der Waals surface area contributed by atoms with Gasteiger partial charge < -0.3 is 15.5 Å². The molecule has 2 saturated heterocycles. The fourth-order valence-electron chi connectivity index (χ4n) is 3.69. The van der Waals surface area contributed by atoms with Crippen molar-refractivity contribution in [2.75, 3.05) is 37.3 Å². The maximum absolute atomic E-state index is 12.3. The largest absolute Gasteiger partial charge is 0.371 e. The molecule has 1 unspecified atom stereocenters. The monoisotopic (exact) mass is 380 g/mol. The highest BCUT2D eigenvalue weighted by molar-refractivity contribution is 7.88. The average Bonchev–Trinajstić information content (AvgIpc) is 2.62. The highest BCUT2D eigenvalue weighted by atomic mass is 32.2. The molecule has 0 saturated carbocycles. The van der Waals surface area contributed by atoms with Crippen molar-refractivity contribution in [3.63, 3.8) is 0 Å². The van der Waals surface area contributed by atoms with Crippen molar-refractivity contribution >= 4 is 21.7 Å². The van der Waals surface area contributed by atoms with Crippen molar-refractivity contribution in [3.8, 4) is 0 Å². The second kappa shape index (κ2) is 8.26. The van der Waals surface area contributed by atoms with Crippen molar-refractivity contribution in [2.24, 2.45) is 0 Å². The molecular formula is C18H28N4O3S. The Kier molecular flexibility index (Phi) is 6.03. The molecule has 2 heterocycles. The van der Waals surface area contributed by atoms with Gasteiger partial charge in [0.1, 0.15) is 0 Å². The number of carbonyl (C=O) groups is 1. The summed E-state index contributed by atoms with van der Waals surface area (Å²) in [6.07, 6.45) is 4.61. The van der Waals surface area contributed by atoms with Crippen LogP contribution in [0.2, 0.25) is 0 Å². The van der Waals surface area contributed by atoms with Crippen LogP contribution in [0.1, 0.15) is 25.7 Å². The second-order valence-corrected chi connectivity index (χ2v) is 9.16. The molecule has 1 aromatic rings. The van der Waals surface area contributed by atoms with Crippen LogP contribution >= 0.6 is 0 Å². The SMILES string of the molecule is CS(=O)(=O)N1CCCC(NC(=O)NC2CCN(c3ccccc3)CC2)C1. The summed E-state index contributed by atoms with van der Waals surface area (Å²) < 4.78 is 24.8. The highest BCUT2D eigenvalue weighted by Gasteiger charge is 2.27. The van der Waals surface area contributed by atoms with Gasteiger partial charge in [0, 0.05) is 44.0 Å². The van der Waals surface area contributed by atoms with Crippen molar-refractivity contribution in [3.05, 3.63) is 30.3 Å². The van der Waals surface area contributed by atoms with Gasteiger partial charge in [-0.25, -0.2) is 17.5 Å². The van der Waals surface area contributed by atoms with E-state index in [-0.39, 0.29) is 18.1 Å². The maximum Gasteiger partial charge on any atom is 0.315 e. The Morgan fingerprint density at radius 1 is 1.00 bits per heavy atom. The first-order valence-electron chi connectivity index (χ1n) is 9.24. The summed E-state index contributed by atoms with van der Waals surface area (Å²) in [4.78, 5) is 14.6. The molecule has 2 fully saturated rings. The standard InChI is InChI=1S/C18H28N4O3S/c1-26(24,25)22-11-5-6-16(14-22)20-18(23)19-15-9-12-21(13-10-15)17-7-3-2-4-8-17/h2-4,7-8,15-16H,5-6,9-14H2,1H3,(H2,19,20,23). The first-order valence-corrected chi connectivity index (χ1v) is 11.1. The average molecular weight is 381 g/mol. The first kappa shape index (κ1) is 19.0. The van der Waals surface area contributed by atoms with Gasteiger partial charge in [0.2, 0.25) is 10.0 Å². The van der Waals surface area contributed by atoms with E-state index < -0.39 is 10.0 Å². The predicted octanol–water partition coefficient (Wildman–Crippen LogP) is 1.38. The van der Waals surface area contributed by atoms with Gasteiger partial charge in [0.15, 0.2) is 0 Å². The van der Waals surface area contributed by atoms with E-state index >= 15 is 0 Å². The van der Waals surface area contributed by atoms with Gasteiger partial charge in [-0.05, 0) is 37.8 Å². The predicted molar refractivity (Wildman–Crippen MR) is 103 cm³/mol. The third-order valence-corrected chi connectivity index (χ3v) is 6.41. The number of carbonyl (C=O) groups excluding carboxylic acids is 1. The molecule has 144 valence electrons. The molecular weight excluding hydrogens is 352 g/mol. The van der Waals surface area contributed by atoms with Crippen LogP contribution in [-0.2, 0) is 10.0 Å². The number of rotatable bonds is 4. The lowest BCUT2D eigenvalue weighted by Crippen LogP contribution is -2.54. The van der Waals surface area contributed by atoms with Crippen LogP contribution in [0.5, 0.6) is 0 Å². The van der Waals surface area contributed by atoms with E-state index in [1.165, 1.54) is 16.2 Å². The zero-order valence-electron chi connectivity index (χ0n) is 15.2. The van der Waals surface area contributed by atoms with Gasteiger partial charge in [0.25, 0.3) is 0 Å². The van der Waals surface area contributed by atoms with Crippen LogP contribution < -0.4 is 15.5 Å².